The van der Waals surface area contributed by atoms with Gasteiger partial charge in [-0.25, -0.2) is 0 Å². The van der Waals surface area contributed by atoms with Crippen LogP contribution in [0.4, 0.5) is 17.1 Å². The number of aromatic nitrogens is 1. The largest absolute Gasteiger partial charge is 0.456 e. The highest BCUT2D eigenvalue weighted by Gasteiger charge is 2.50. The van der Waals surface area contributed by atoms with Crippen molar-refractivity contribution in [1.82, 2.24) is 4.57 Å². The first kappa shape index (κ1) is 30.0. The summed E-state index contributed by atoms with van der Waals surface area (Å²) >= 11 is 0. The SMILES string of the molecule is [2H]c1c([2H])c([2H])c2c(c1[2H])-c1ccc(N(c3ccc4c5ccccc5n(-c5ccccc5)c4c3)c3cccc4oc5ccccc5c34)cc1C21c2ccccc2-c2cccc3cccc1c23. The monoisotopic (exact) mass is 792 g/mol. The Morgan fingerprint density at radius 1 is 0.435 bits per heavy atom. The lowest BCUT2D eigenvalue weighted by molar-refractivity contribution is 0.669. The number of fused-ring (bicyclic) bond motifs is 15. The molecule has 0 amide bonds. The molecule has 14 rings (SSSR count). The third-order valence-electron chi connectivity index (χ3n) is 13.5. The van der Waals surface area contributed by atoms with Gasteiger partial charge in [0.15, 0.2) is 0 Å². The van der Waals surface area contributed by atoms with Gasteiger partial charge in [-0.3, -0.25) is 0 Å². The van der Waals surface area contributed by atoms with Crippen LogP contribution >= 0.6 is 0 Å². The molecule has 0 saturated heterocycles. The van der Waals surface area contributed by atoms with Crippen molar-refractivity contribution in [3.63, 3.8) is 0 Å². The van der Waals surface area contributed by atoms with Crippen molar-refractivity contribution in [2.75, 3.05) is 4.90 Å². The second-order valence-corrected chi connectivity index (χ2v) is 16.5. The fourth-order valence-electron chi connectivity index (χ4n) is 11.1. The molecule has 1 spiro atoms. The van der Waals surface area contributed by atoms with E-state index in [9.17, 15) is 4.11 Å². The van der Waals surface area contributed by atoms with Crippen LogP contribution in [0, 0.1) is 0 Å². The lowest BCUT2D eigenvalue weighted by atomic mass is 9.61. The summed E-state index contributed by atoms with van der Waals surface area (Å²) in [5.74, 6) is 0. The molecule has 3 nitrogen and oxygen atoms in total. The van der Waals surface area contributed by atoms with E-state index in [4.69, 9.17) is 5.79 Å². The Morgan fingerprint density at radius 2 is 1.11 bits per heavy atom. The minimum Gasteiger partial charge on any atom is -0.456 e. The van der Waals surface area contributed by atoms with E-state index in [1.54, 1.807) is 0 Å². The molecule has 0 fully saturated rings. The van der Waals surface area contributed by atoms with Crippen LogP contribution in [-0.2, 0) is 5.41 Å². The Hall–Kier alpha value is -8.14. The van der Waals surface area contributed by atoms with Gasteiger partial charge in [-0.1, -0.05) is 158 Å². The molecular formula is C59H36N2O. The topological polar surface area (TPSA) is 21.3 Å². The number of para-hydroxylation sites is 3. The first-order valence-electron chi connectivity index (χ1n) is 23.1. The van der Waals surface area contributed by atoms with Gasteiger partial charge in [-0.05, 0) is 116 Å². The second kappa shape index (κ2) is 12.4. The molecule has 3 heteroatoms. The molecular weight excluding hydrogens is 753 g/mol. The van der Waals surface area contributed by atoms with E-state index in [0.717, 1.165) is 105 Å². The summed E-state index contributed by atoms with van der Waals surface area (Å²) in [6.07, 6.45) is 0. The maximum absolute atomic E-state index is 9.82. The summed E-state index contributed by atoms with van der Waals surface area (Å²) in [5, 5.41) is 6.46. The van der Waals surface area contributed by atoms with Gasteiger partial charge in [-0.2, -0.15) is 0 Å². The lowest BCUT2D eigenvalue weighted by Gasteiger charge is -2.40. The van der Waals surface area contributed by atoms with Gasteiger partial charge < -0.3 is 13.9 Å². The highest BCUT2D eigenvalue weighted by atomic mass is 16.3. The Morgan fingerprint density at radius 3 is 2.05 bits per heavy atom. The molecule has 0 aliphatic heterocycles. The van der Waals surface area contributed by atoms with Crippen molar-refractivity contribution < 1.29 is 9.90 Å². The molecule has 0 radical (unpaired) electrons. The van der Waals surface area contributed by atoms with Crippen LogP contribution < -0.4 is 4.90 Å². The molecule has 0 saturated carbocycles. The van der Waals surface area contributed by atoms with Crippen LogP contribution in [0.5, 0.6) is 0 Å². The Kier molecular flexibility index (Phi) is 6.02. The van der Waals surface area contributed by atoms with Crippen molar-refractivity contribution in [1.29, 1.82) is 0 Å². The lowest BCUT2D eigenvalue weighted by Crippen LogP contribution is -2.32. The number of anilines is 3. The van der Waals surface area contributed by atoms with Crippen LogP contribution in [0.3, 0.4) is 0 Å². The predicted molar refractivity (Wildman–Crippen MR) is 257 cm³/mol. The van der Waals surface area contributed by atoms with E-state index < -0.39 is 5.41 Å². The van der Waals surface area contributed by atoms with Crippen molar-refractivity contribution in [3.05, 3.63) is 241 Å². The zero-order chi connectivity index (χ0) is 44.0. The standard InChI is InChI=1S/C59H36N2O/c1-2-17-38(18-3-1)61-52-27-10-6-21-44(52)45-34-32-40(36-54(45)61)60(53-28-14-30-56-58(53)47-22-7-11-29-55(47)62-56)39-31-33-43-41-19-4-8-24-48(41)59(51(43)35-39)49-25-9-5-20-42(49)46-23-12-15-37-16-13-26-50(59)57(37)46/h1-36H/i4D,8D,19D,24D. The zero-order valence-electron chi connectivity index (χ0n) is 37.3. The molecule has 0 bridgehead atoms. The van der Waals surface area contributed by atoms with E-state index in [1.165, 1.54) is 5.39 Å². The highest BCUT2D eigenvalue weighted by molar-refractivity contribution is 6.15. The Balaban J connectivity index is 1.13. The van der Waals surface area contributed by atoms with Crippen molar-refractivity contribution in [3.8, 4) is 27.9 Å². The normalized spacial score (nSPS) is 15.7. The molecule has 2 aromatic heterocycles. The fraction of sp³-hybridized carbons (Fsp3) is 0.0169. The smallest absolute Gasteiger partial charge is 0.137 e. The van der Waals surface area contributed by atoms with Crippen LogP contribution in [0.15, 0.2) is 223 Å². The molecule has 2 heterocycles. The zero-order valence-corrected chi connectivity index (χ0v) is 33.3. The molecule has 1 unspecified atom stereocenters. The van der Waals surface area contributed by atoms with Gasteiger partial charge in [0.1, 0.15) is 11.2 Å². The first-order chi connectivity index (χ1) is 32.4. The van der Waals surface area contributed by atoms with Gasteiger partial charge >= 0.3 is 0 Å². The van der Waals surface area contributed by atoms with E-state index in [-0.39, 0.29) is 24.2 Å². The van der Waals surface area contributed by atoms with Gasteiger partial charge in [0.2, 0.25) is 0 Å². The van der Waals surface area contributed by atoms with Crippen LogP contribution in [0.25, 0.3) is 82.5 Å². The fourth-order valence-corrected chi connectivity index (χ4v) is 11.1. The van der Waals surface area contributed by atoms with E-state index in [0.29, 0.717) is 11.1 Å². The Labute approximate surface area is 363 Å². The van der Waals surface area contributed by atoms with Crippen molar-refractivity contribution in [2.45, 2.75) is 5.41 Å². The molecule has 0 N–H and O–H groups in total. The molecule has 62 heavy (non-hydrogen) atoms. The van der Waals surface area contributed by atoms with Crippen LogP contribution in [0.2, 0.25) is 0 Å². The first-order valence-corrected chi connectivity index (χ1v) is 21.1. The summed E-state index contributed by atoms with van der Waals surface area (Å²) in [5.41, 5.74) is 13.4. The van der Waals surface area contributed by atoms with Gasteiger partial charge in [0.05, 0.1) is 33.0 Å². The summed E-state index contributed by atoms with van der Waals surface area (Å²) < 4.78 is 46.5. The number of furan rings is 1. The maximum Gasteiger partial charge on any atom is 0.137 e. The average Bonchev–Trinajstić information content (AvgIpc) is 4.01. The van der Waals surface area contributed by atoms with Gasteiger partial charge in [0.25, 0.3) is 0 Å². The van der Waals surface area contributed by atoms with E-state index >= 15 is 0 Å². The number of benzene rings is 10. The summed E-state index contributed by atoms with van der Waals surface area (Å²) in [6.45, 7) is 0. The van der Waals surface area contributed by atoms with Crippen molar-refractivity contribution >= 4 is 71.6 Å². The highest BCUT2D eigenvalue weighted by Crippen LogP contribution is 2.62. The quantitative estimate of drug-likeness (QED) is 0.177. The summed E-state index contributed by atoms with van der Waals surface area (Å²) in [6, 6.07) is 67.4. The number of hydrogen-bond donors (Lipinski definition) is 0. The molecule has 288 valence electrons. The predicted octanol–water partition coefficient (Wildman–Crippen LogP) is 15.6. The third kappa shape index (κ3) is 4.34. The minimum atomic E-state index is -1.09. The van der Waals surface area contributed by atoms with E-state index in [2.05, 4.69) is 179 Å². The number of rotatable bonds is 4. The molecule has 2 aliphatic carbocycles. The minimum absolute atomic E-state index is 0.0272. The van der Waals surface area contributed by atoms with Gasteiger partial charge in [-0.15, -0.1) is 0 Å². The number of nitrogens with zero attached hydrogens (tertiary/aromatic N) is 2. The van der Waals surface area contributed by atoms with Gasteiger partial charge in [0, 0.05) is 33.2 Å². The van der Waals surface area contributed by atoms with Crippen LogP contribution in [0.1, 0.15) is 27.7 Å². The molecule has 2 aliphatic rings. The average molecular weight is 793 g/mol. The van der Waals surface area contributed by atoms with Crippen LogP contribution in [-0.4, -0.2) is 4.57 Å². The summed E-state index contributed by atoms with van der Waals surface area (Å²) in [7, 11) is 0. The molecule has 1 atom stereocenters. The van der Waals surface area contributed by atoms with Crippen molar-refractivity contribution in [2.24, 2.45) is 0 Å². The Bertz CT molecular complexity index is 4070. The summed E-state index contributed by atoms with van der Waals surface area (Å²) in [4.78, 5) is 2.33. The maximum atomic E-state index is 9.82. The third-order valence-corrected chi connectivity index (χ3v) is 13.5. The molecule has 10 aromatic carbocycles. The van der Waals surface area contributed by atoms with E-state index in [1.807, 2.05) is 24.3 Å². The number of hydrogen-bond acceptors (Lipinski definition) is 2. The second-order valence-electron chi connectivity index (χ2n) is 16.5. The molecule has 12 aromatic rings.